The lowest BCUT2D eigenvalue weighted by molar-refractivity contribution is -0.199. The van der Waals surface area contributed by atoms with Gasteiger partial charge in [-0.15, -0.1) is 11.6 Å². The number of halogens is 1. The van der Waals surface area contributed by atoms with Gasteiger partial charge in [-0.3, -0.25) is 0 Å². The minimum absolute atomic E-state index is 0.138. The van der Waals surface area contributed by atoms with Crippen LogP contribution in [0.4, 0.5) is 0 Å². The van der Waals surface area contributed by atoms with Gasteiger partial charge in [0.1, 0.15) is 0 Å². The SMILES string of the molecule is Cc1ccc(C[C@@H](Cl)B2O[C@@H]3C[C@@H]4C[C@@H](C4(C)C)[C@]3(C)O2)cc1. The van der Waals surface area contributed by atoms with Crippen molar-refractivity contribution in [1.82, 2.24) is 0 Å². The second-order valence-electron chi connectivity index (χ2n) is 8.54. The van der Waals surface area contributed by atoms with Crippen molar-refractivity contribution in [3.63, 3.8) is 0 Å². The fraction of sp³-hybridized carbons (Fsp3) is 0.684. The first-order valence-corrected chi connectivity index (χ1v) is 9.27. The fourth-order valence-corrected chi connectivity index (χ4v) is 5.39. The van der Waals surface area contributed by atoms with Gasteiger partial charge < -0.3 is 9.31 Å². The van der Waals surface area contributed by atoms with E-state index in [1.165, 1.54) is 17.5 Å². The third kappa shape index (κ3) is 2.39. The molecule has 1 heterocycles. The van der Waals surface area contributed by atoms with Crippen molar-refractivity contribution in [1.29, 1.82) is 0 Å². The molecule has 5 rings (SSSR count). The maximum Gasteiger partial charge on any atom is 0.477 e. The van der Waals surface area contributed by atoms with Crippen molar-refractivity contribution in [3.05, 3.63) is 35.4 Å². The number of aryl methyl sites for hydroxylation is 1. The molecule has 4 heteroatoms. The molecule has 3 aliphatic carbocycles. The van der Waals surface area contributed by atoms with E-state index in [4.69, 9.17) is 20.9 Å². The van der Waals surface area contributed by atoms with Crippen LogP contribution in [-0.4, -0.2) is 24.1 Å². The normalized spacial score (nSPS) is 38.8. The van der Waals surface area contributed by atoms with E-state index in [2.05, 4.69) is 52.0 Å². The molecule has 4 fully saturated rings. The zero-order valence-corrected chi connectivity index (χ0v) is 15.3. The van der Waals surface area contributed by atoms with Gasteiger partial charge in [-0.1, -0.05) is 43.7 Å². The Labute approximate surface area is 145 Å². The highest BCUT2D eigenvalue weighted by atomic mass is 35.5. The van der Waals surface area contributed by atoms with Crippen molar-refractivity contribution in [3.8, 4) is 0 Å². The molecule has 1 aromatic rings. The van der Waals surface area contributed by atoms with Crippen LogP contribution in [0, 0.1) is 24.2 Å². The van der Waals surface area contributed by atoms with E-state index in [1.54, 1.807) is 0 Å². The monoisotopic (exact) mass is 332 g/mol. The van der Waals surface area contributed by atoms with Gasteiger partial charge in [0.05, 0.1) is 17.0 Å². The molecule has 23 heavy (non-hydrogen) atoms. The highest BCUT2D eigenvalue weighted by Gasteiger charge is 2.68. The summed E-state index contributed by atoms with van der Waals surface area (Å²) in [5, 5.41) is -0.138. The lowest BCUT2D eigenvalue weighted by atomic mass is 9.43. The summed E-state index contributed by atoms with van der Waals surface area (Å²) in [7, 11) is -0.289. The molecule has 1 aliphatic heterocycles. The second kappa shape index (κ2) is 5.24. The smallest absolute Gasteiger partial charge is 0.404 e. The molecule has 0 amide bonds. The van der Waals surface area contributed by atoms with Crippen LogP contribution in [0.2, 0.25) is 0 Å². The average molecular weight is 333 g/mol. The van der Waals surface area contributed by atoms with E-state index in [0.717, 1.165) is 18.8 Å². The first kappa shape index (κ1) is 16.0. The molecule has 0 N–H and O–H groups in total. The predicted octanol–water partition coefficient (Wildman–Crippen LogP) is 4.41. The van der Waals surface area contributed by atoms with Gasteiger partial charge in [-0.2, -0.15) is 0 Å². The van der Waals surface area contributed by atoms with Crippen molar-refractivity contribution in [2.45, 2.75) is 63.9 Å². The molecular weight excluding hydrogens is 306 g/mol. The van der Waals surface area contributed by atoms with Gasteiger partial charge in [-0.05, 0) is 55.9 Å². The van der Waals surface area contributed by atoms with Crippen LogP contribution in [0.1, 0.15) is 44.7 Å². The summed E-state index contributed by atoms with van der Waals surface area (Å²) < 4.78 is 12.7. The summed E-state index contributed by atoms with van der Waals surface area (Å²) in [6.45, 7) is 9.11. The molecule has 0 spiro atoms. The highest BCUT2D eigenvalue weighted by molar-refractivity contribution is 6.60. The third-order valence-electron chi connectivity index (χ3n) is 6.82. The standard InChI is InChI=1S/C19H26BClO2/c1-12-5-7-13(8-6-12)9-17(21)20-22-16-11-14-10-15(18(14,2)3)19(16,4)23-20/h5-8,14-17H,9-11H2,1-4H3/t14-,15-,16+,17+,19-/m0/s1. The lowest BCUT2D eigenvalue weighted by Gasteiger charge is -2.64. The van der Waals surface area contributed by atoms with Gasteiger partial charge in [-0.25, -0.2) is 0 Å². The van der Waals surface area contributed by atoms with Crippen LogP contribution in [0.25, 0.3) is 0 Å². The van der Waals surface area contributed by atoms with Crippen LogP contribution in [0.5, 0.6) is 0 Å². The van der Waals surface area contributed by atoms with E-state index in [0.29, 0.717) is 11.3 Å². The minimum Gasteiger partial charge on any atom is -0.404 e. The minimum atomic E-state index is -0.289. The quantitative estimate of drug-likeness (QED) is 0.603. The molecular formula is C19H26BClO2. The maximum absolute atomic E-state index is 6.67. The molecule has 124 valence electrons. The van der Waals surface area contributed by atoms with Crippen molar-refractivity contribution in [2.75, 3.05) is 0 Å². The Balaban J connectivity index is 1.47. The van der Waals surface area contributed by atoms with Crippen LogP contribution < -0.4 is 0 Å². The van der Waals surface area contributed by atoms with Crippen molar-refractivity contribution < 1.29 is 9.31 Å². The zero-order valence-electron chi connectivity index (χ0n) is 14.5. The summed E-state index contributed by atoms with van der Waals surface area (Å²) in [5.41, 5.74) is 2.73. The topological polar surface area (TPSA) is 18.5 Å². The first-order chi connectivity index (χ1) is 10.8. The summed E-state index contributed by atoms with van der Waals surface area (Å²) >= 11 is 6.67. The second-order valence-corrected chi connectivity index (χ2v) is 9.10. The van der Waals surface area contributed by atoms with E-state index < -0.39 is 0 Å². The number of hydrogen-bond acceptors (Lipinski definition) is 2. The predicted molar refractivity (Wildman–Crippen MR) is 94.6 cm³/mol. The molecule has 0 radical (unpaired) electrons. The molecule has 5 atom stereocenters. The summed E-state index contributed by atoms with van der Waals surface area (Å²) in [5.74, 6) is 1.37. The number of alkyl halides is 1. The van der Waals surface area contributed by atoms with Crippen LogP contribution in [0.3, 0.4) is 0 Å². The molecule has 4 aliphatic rings. The number of benzene rings is 1. The first-order valence-electron chi connectivity index (χ1n) is 8.83. The van der Waals surface area contributed by atoms with E-state index in [1.807, 2.05) is 0 Å². The Morgan fingerprint density at radius 1 is 1.22 bits per heavy atom. The van der Waals surface area contributed by atoms with Crippen molar-refractivity contribution >= 4 is 18.7 Å². The van der Waals surface area contributed by atoms with Gasteiger partial charge >= 0.3 is 7.12 Å². The molecule has 0 unspecified atom stereocenters. The Morgan fingerprint density at radius 2 is 1.91 bits per heavy atom. The highest BCUT2D eigenvalue weighted by Crippen LogP contribution is 2.65. The number of hydrogen-bond donors (Lipinski definition) is 0. The largest absolute Gasteiger partial charge is 0.477 e. The Morgan fingerprint density at radius 3 is 2.57 bits per heavy atom. The third-order valence-corrected chi connectivity index (χ3v) is 7.18. The van der Waals surface area contributed by atoms with Crippen molar-refractivity contribution in [2.24, 2.45) is 17.3 Å². The molecule has 1 saturated heterocycles. The number of rotatable bonds is 3. The van der Waals surface area contributed by atoms with E-state index in [-0.39, 0.29) is 24.1 Å². The van der Waals surface area contributed by atoms with Gasteiger partial charge in [0.2, 0.25) is 0 Å². The van der Waals surface area contributed by atoms with Crippen LogP contribution in [0.15, 0.2) is 24.3 Å². The summed E-state index contributed by atoms with van der Waals surface area (Å²) in [6.07, 6.45) is 3.39. The van der Waals surface area contributed by atoms with Gasteiger partial charge in [0.25, 0.3) is 0 Å². The summed E-state index contributed by atoms with van der Waals surface area (Å²) in [4.78, 5) is 0. The lowest BCUT2D eigenvalue weighted by Crippen LogP contribution is -2.65. The Hall–Kier alpha value is -0.505. The van der Waals surface area contributed by atoms with E-state index >= 15 is 0 Å². The summed E-state index contributed by atoms with van der Waals surface area (Å²) in [6, 6.07) is 8.56. The van der Waals surface area contributed by atoms with Gasteiger partial charge in [0, 0.05) is 0 Å². The van der Waals surface area contributed by atoms with E-state index in [9.17, 15) is 0 Å². The fourth-order valence-electron chi connectivity index (χ4n) is 5.10. The molecule has 2 nitrogen and oxygen atoms in total. The Bertz CT molecular complexity index is 602. The average Bonchev–Trinajstić information content (AvgIpc) is 2.86. The molecule has 1 aromatic carbocycles. The zero-order chi connectivity index (χ0) is 16.4. The van der Waals surface area contributed by atoms with Crippen LogP contribution >= 0.6 is 11.6 Å². The Kier molecular flexibility index (Phi) is 3.65. The van der Waals surface area contributed by atoms with Gasteiger partial charge in [0.15, 0.2) is 0 Å². The molecule has 3 saturated carbocycles. The maximum atomic E-state index is 6.67. The molecule has 0 aromatic heterocycles. The molecule has 2 bridgehead atoms. The van der Waals surface area contributed by atoms with Crippen LogP contribution in [-0.2, 0) is 15.7 Å².